The number of amides is 1. The quantitative estimate of drug-likeness (QED) is 0.748. The van der Waals surface area contributed by atoms with Gasteiger partial charge < -0.3 is 20.9 Å². The van der Waals surface area contributed by atoms with Crippen LogP contribution in [0.3, 0.4) is 0 Å². The highest BCUT2D eigenvalue weighted by molar-refractivity contribution is 5.84. The predicted octanol–water partition coefficient (Wildman–Crippen LogP) is 0.766. The minimum Gasteiger partial charge on any atom is -0.394 e. The van der Waals surface area contributed by atoms with E-state index < -0.39 is 11.0 Å². The summed E-state index contributed by atoms with van der Waals surface area (Å²) in [5, 5.41) is 12.8. The Morgan fingerprint density at radius 1 is 1.38 bits per heavy atom. The molecule has 1 amide bonds. The first-order valence-corrected chi connectivity index (χ1v) is 7.33. The van der Waals surface area contributed by atoms with E-state index in [1.54, 1.807) is 0 Å². The minimum atomic E-state index is -0.807. The number of carbonyl (C=O) groups is 1. The van der Waals surface area contributed by atoms with Gasteiger partial charge >= 0.3 is 0 Å². The van der Waals surface area contributed by atoms with Crippen LogP contribution in [-0.4, -0.2) is 37.4 Å². The first-order chi connectivity index (χ1) is 10.1. The molecule has 0 radical (unpaired) electrons. The fourth-order valence-electron chi connectivity index (χ4n) is 2.68. The van der Waals surface area contributed by atoms with Crippen molar-refractivity contribution in [1.29, 1.82) is 0 Å². The van der Waals surface area contributed by atoms with Crippen LogP contribution in [0.5, 0.6) is 0 Å². The number of benzene rings is 1. The third-order valence-electron chi connectivity index (χ3n) is 4.44. The van der Waals surface area contributed by atoms with E-state index in [0.717, 1.165) is 5.56 Å². The molecule has 2 rings (SSSR count). The molecule has 0 spiro atoms. The third-order valence-corrected chi connectivity index (χ3v) is 4.44. The number of nitrogens with two attached hydrogens (primary N) is 1. The lowest BCUT2D eigenvalue weighted by molar-refractivity contribution is -0.138. The fraction of sp³-hybridized carbons (Fsp3) is 0.562. The summed E-state index contributed by atoms with van der Waals surface area (Å²) in [4.78, 5) is 12.7. The number of hydrogen-bond donors (Lipinski definition) is 3. The lowest BCUT2D eigenvalue weighted by Gasteiger charge is -2.39. The lowest BCUT2D eigenvalue weighted by Crippen LogP contribution is -2.56. The number of hydrogen-bond acceptors (Lipinski definition) is 4. The molecule has 1 aromatic rings. The maximum Gasteiger partial charge on any atom is 0.228 e. The number of rotatable bonds is 5. The van der Waals surface area contributed by atoms with Gasteiger partial charge in [-0.2, -0.15) is 0 Å². The zero-order valence-corrected chi connectivity index (χ0v) is 12.5. The van der Waals surface area contributed by atoms with E-state index in [0.29, 0.717) is 32.6 Å². The molecule has 116 valence electrons. The summed E-state index contributed by atoms with van der Waals surface area (Å²) in [6.45, 7) is 3.04. The van der Waals surface area contributed by atoms with Gasteiger partial charge in [0.1, 0.15) is 0 Å². The molecule has 1 fully saturated rings. The van der Waals surface area contributed by atoms with Gasteiger partial charge in [0.25, 0.3) is 0 Å². The molecule has 1 aliphatic rings. The molecular formula is C16H24N2O3. The zero-order chi connectivity index (χ0) is 15.3. The highest BCUT2D eigenvalue weighted by Gasteiger charge is 2.41. The van der Waals surface area contributed by atoms with Gasteiger partial charge in [-0.05, 0) is 25.3 Å². The summed E-state index contributed by atoms with van der Waals surface area (Å²) >= 11 is 0. The van der Waals surface area contributed by atoms with Crippen LogP contribution in [0, 0.1) is 5.41 Å². The molecule has 1 atom stereocenters. The number of nitrogens with one attached hydrogen (secondary N) is 1. The summed E-state index contributed by atoms with van der Waals surface area (Å²) in [5.74, 6) is -0.103. The van der Waals surface area contributed by atoms with Gasteiger partial charge in [-0.15, -0.1) is 0 Å². The Kier molecular flexibility index (Phi) is 4.98. The van der Waals surface area contributed by atoms with Crippen molar-refractivity contribution in [3.8, 4) is 0 Å². The van der Waals surface area contributed by atoms with Crippen LogP contribution in [0.15, 0.2) is 30.3 Å². The molecule has 1 heterocycles. The summed E-state index contributed by atoms with van der Waals surface area (Å²) in [6, 6.07) is 9.49. The van der Waals surface area contributed by atoms with E-state index in [-0.39, 0.29) is 12.5 Å². The standard InChI is InChI=1S/C16H24N2O3/c1-15(12-19,13-5-3-2-4-6-13)18-14(20)16(11-17)7-9-21-10-8-16/h2-6,19H,7-12,17H2,1H3,(H,18,20). The minimum absolute atomic E-state index is 0.103. The molecule has 0 aliphatic carbocycles. The van der Waals surface area contributed by atoms with Crippen molar-refractivity contribution in [2.75, 3.05) is 26.4 Å². The maximum absolute atomic E-state index is 12.7. The average molecular weight is 292 g/mol. The average Bonchev–Trinajstić information content (AvgIpc) is 2.56. The number of aliphatic hydroxyl groups excluding tert-OH is 1. The first kappa shape index (κ1) is 15.9. The highest BCUT2D eigenvalue weighted by Crippen LogP contribution is 2.31. The van der Waals surface area contributed by atoms with Gasteiger partial charge in [-0.3, -0.25) is 4.79 Å². The lowest BCUT2D eigenvalue weighted by atomic mass is 9.78. The molecule has 1 saturated heterocycles. The molecule has 21 heavy (non-hydrogen) atoms. The van der Waals surface area contributed by atoms with Gasteiger partial charge in [-0.1, -0.05) is 30.3 Å². The van der Waals surface area contributed by atoms with E-state index in [1.807, 2.05) is 37.3 Å². The summed E-state index contributed by atoms with van der Waals surface area (Å²) in [7, 11) is 0. The van der Waals surface area contributed by atoms with Gasteiger partial charge in [0, 0.05) is 19.8 Å². The monoisotopic (exact) mass is 292 g/mol. The Morgan fingerprint density at radius 3 is 2.52 bits per heavy atom. The van der Waals surface area contributed by atoms with Crippen molar-refractivity contribution in [3.63, 3.8) is 0 Å². The molecule has 5 heteroatoms. The van der Waals surface area contributed by atoms with Gasteiger partial charge in [0.15, 0.2) is 0 Å². The fourth-order valence-corrected chi connectivity index (χ4v) is 2.68. The van der Waals surface area contributed by atoms with Gasteiger partial charge in [0.2, 0.25) is 5.91 Å². The first-order valence-electron chi connectivity index (χ1n) is 7.33. The normalized spacial score (nSPS) is 20.5. The van der Waals surface area contributed by atoms with Crippen LogP contribution in [0.1, 0.15) is 25.3 Å². The molecule has 0 aromatic heterocycles. The second-order valence-corrected chi connectivity index (χ2v) is 5.91. The number of carbonyl (C=O) groups excluding carboxylic acids is 1. The Bertz CT molecular complexity index is 472. The molecule has 0 bridgehead atoms. The van der Waals surface area contributed by atoms with Gasteiger partial charge in [0.05, 0.1) is 17.6 Å². The molecule has 5 nitrogen and oxygen atoms in total. The van der Waals surface area contributed by atoms with Crippen molar-refractivity contribution < 1.29 is 14.6 Å². The second-order valence-electron chi connectivity index (χ2n) is 5.91. The van der Waals surface area contributed by atoms with Crippen molar-refractivity contribution in [2.45, 2.75) is 25.3 Å². The highest BCUT2D eigenvalue weighted by atomic mass is 16.5. The summed E-state index contributed by atoms with van der Waals surface area (Å²) in [5.41, 5.74) is 5.33. The van der Waals surface area contributed by atoms with Crippen molar-refractivity contribution in [1.82, 2.24) is 5.32 Å². The Balaban J connectivity index is 2.19. The molecule has 4 N–H and O–H groups in total. The molecule has 1 aromatic carbocycles. The molecule has 0 saturated carbocycles. The van der Waals surface area contributed by atoms with E-state index in [2.05, 4.69) is 5.32 Å². The maximum atomic E-state index is 12.7. The SMILES string of the molecule is CC(CO)(NC(=O)C1(CN)CCOCC1)c1ccccc1. The predicted molar refractivity (Wildman–Crippen MR) is 80.6 cm³/mol. The van der Waals surface area contributed by atoms with Crippen LogP contribution in [0.25, 0.3) is 0 Å². The van der Waals surface area contributed by atoms with Crippen LogP contribution >= 0.6 is 0 Å². The Morgan fingerprint density at radius 2 is 2.00 bits per heavy atom. The van der Waals surface area contributed by atoms with E-state index in [1.165, 1.54) is 0 Å². The number of ether oxygens (including phenoxy) is 1. The van der Waals surface area contributed by atoms with Crippen LogP contribution in [0.4, 0.5) is 0 Å². The van der Waals surface area contributed by atoms with Crippen molar-refractivity contribution >= 4 is 5.91 Å². The number of aliphatic hydroxyl groups is 1. The van der Waals surface area contributed by atoms with Crippen LogP contribution < -0.4 is 11.1 Å². The third kappa shape index (κ3) is 3.26. The van der Waals surface area contributed by atoms with E-state index in [4.69, 9.17) is 10.5 Å². The molecular weight excluding hydrogens is 268 g/mol. The van der Waals surface area contributed by atoms with Crippen LogP contribution in [-0.2, 0) is 15.1 Å². The van der Waals surface area contributed by atoms with Gasteiger partial charge in [-0.25, -0.2) is 0 Å². The summed E-state index contributed by atoms with van der Waals surface area (Å²) in [6.07, 6.45) is 1.23. The zero-order valence-electron chi connectivity index (χ0n) is 12.5. The molecule has 1 unspecified atom stereocenters. The largest absolute Gasteiger partial charge is 0.394 e. The smallest absolute Gasteiger partial charge is 0.228 e. The summed E-state index contributed by atoms with van der Waals surface area (Å²) < 4.78 is 5.33. The second kappa shape index (κ2) is 6.56. The van der Waals surface area contributed by atoms with Crippen molar-refractivity contribution in [2.24, 2.45) is 11.1 Å². The van der Waals surface area contributed by atoms with Crippen LogP contribution in [0.2, 0.25) is 0 Å². The van der Waals surface area contributed by atoms with E-state index >= 15 is 0 Å². The Labute approximate surface area is 125 Å². The van der Waals surface area contributed by atoms with E-state index in [9.17, 15) is 9.90 Å². The van der Waals surface area contributed by atoms with Crippen molar-refractivity contribution in [3.05, 3.63) is 35.9 Å². The Hall–Kier alpha value is -1.43. The molecule has 1 aliphatic heterocycles. The topological polar surface area (TPSA) is 84.6 Å².